The number of nitrogens with one attached hydrogen (secondary N) is 1. The highest BCUT2D eigenvalue weighted by atomic mass is 16.5. The van der Waals surface area contributed by atoms with E-state index in [2.05, 4.69) is 30.4 Å². The van der Waals surface area contributed by atoms with Gasteiger partial charge in [-0.1, -0.05) is 17.7 Å². The number of aryl methyl sites for hydroxylation is 1. The van der Waals surface area contributed by atoms with E-state index in [1.807, 2.05) is 0 Å². The predicted molar refractivity (Wildman–Crippen MR) is 70.9 cm³/mol. The lowest BCUT2D eigenvalue weighted by Gasteiger charge is -2.28. The van der Waals surface area contributed by atoms with E-state index in [1.165, 1.54) is 11.1 Å². The molecule has 2 aliphatic rings. The molecule has 0 aromatic heterocycles. The van der Waals surface area contributed by atoms with Gasteiger partial charge >= 0.3 is 0 Å². The van der Waals surface area contributed by atoms with Crippen LogP contribution in [0.25, 0.3) is 0 Å². The van der Waals surface area contributed by atoms with Crippen molar-refractivity contribution in [1.29, 1.82) is 0 Å². The molecule has 3 heteroatoms. The number of hydrogen-bond donors (Lipinski definition) is 2. The first-order valence-electron chi connectivity index (χ1n) is 6.79. The van der Waals surface area contributed by atoms with Gasteiger partial charge in [-0.25, -0.2) is 0 Å². The fourth-order valence-electron chi connectivity index (χ4n) is 3.22. The monoisotopic (exact) mass is 247 g/mol. The summed E-state index contributed by atoms with van der Waals surface area (Å²) >= 11 is 0. The van der Waals surface area contributed by atoms with Crippen molar-refractivity contribution in [2.45, 2.75) is 32.3 Å². The van der Waals surface area contributed by atoms with E-state index >= 15 is 0 Å². The molecule has 1 saturated heterocycles. The Morgan fingerprint density at radius 1 is 1.50 bits per heavy atom. The van der Waals surface area contributed by atoms with Crippen molar-refractivity contribution in [3.05, 3.63) is 29.3 Å². The number of benzene rings is 1. The number of hydrogen-bond acceptors (Lipinski definition) is 3. The lowest BCUT2D eigenvalue weighted by Crippen LogP contribution is -2.34. The molecule has 1 aromatic rings. The Morgan fingerprint density at radius 2 is 2.39 bits per heavy atom. The zero-order valence-electron chi connectivity index (χ0n) is 10.9. The largest absolute Gasteiger partial charge is 0.490 e. The van der Waals surface area contributed by atoms with Gasteiger partial charge in [0.05, 0.1) is 6.61 Å². The lowest BCUT2D eigenvalue weighted by atomic mass is 9.81. The number of ether oxygens (including phenoxy) is 1. The maximum Gasteiger partial charge on any atom is 0.123 e. The molecule has 0 aliphatic carbocycles. The van der Waals surface area contributed by atoms with Crippen LogP contribution in [-0.2, 0) is 6.42 Å². The quantitative estimate of drug-likeness (QED) is 0.853. The molecule has 2 unspecified atom stereocenters. The molecule has 0 saturated carbocycles. The summed E-state index contributed by atoms with van der Waals surface area (Å²) in [6.45, 7) is 4.30. The third kappa shape index (κ3) is 2.13. The van der Waals surface area contributed by atoms with Gasteiger partial charge in [-0.15, -0.1) is 0 Å². The van der Waals surface area contributed by atoms with E-state index in [9.17, 15) is 5.11 Å². The second kappa shape index (κ2) is 4.56. The van der Waals surface area contributed by atoms with Gasteiger partial charge in [0.1, 0.15) is 11.9 Å². The third-order valence-corrected chi connectivity index (χ3v) is 4.29. The molecule has 18 heavy (non-hydrogen) atoms. The molecule has 0 bridgehead atoms. The van der Waals surface area contributed by atoms with Crippen molar-refractivity contribution in [2.75, 3.05) is 19.7 Å². The van der Waals surface area contributed by atoms with Crippen LogP contribution in [0.5, 0.6) is 5.75 Å². The van der Waals surface area contributed by atoms with E-state index in [0.717, 1.165) is 38.1 Å². The smallest absolute Gasteiger partial charge is 0.123 e. The van der Waals surface area contributed by atoms with Crippen molar-refractivity contribution in [2.24, 2.45) is 5.41 Å². The van der Waals surface area contributed by atoms with Gasteiger partial charge in [0, 0.05) is 18.4 Å². The van der Waals surface area contributed by atoms with Gasteiger partial charge in [0.15, 0.2) is 0 Å². The highest BCUT2D eigenvalue weighted by Gasteiger charge is 2.38. The van der Waals surface area contributed by atoms with Crippen LogP contribution in [-0.4, -0.2) is 30.9 Å². The summed E-state index contributed by atoms with van der Waals surface area (Å²) in [5.74, 6) is 1.03. The van der Waals surface area contributed by atoms with Gasteiger partial charge in [-0.05, 0) is 37.9 Å². The fraction of sp³-hybridized carbons (Fsp3) is 0.600. The summed E-state index contributed by atoms with van der Waals surface area (Å²) in [6, 6.07) is 6.39. The second-order valence-electron chi connectivity index (χ2n) is 5.84. The zero-order valence-corrected chi connectivity index (χ0v) is 10.9. The molecule has 0 spiro atoms. The lowest BCUT2D eigenvalue weighted by molar-refractivity contribution is 0.0833. The molecule has 2 aliphatic heterocycles. The van der Waals surface area contributed by atoms with E-state index in [4.69, 9.17) is 4.74 Å². The minimum Gasteiger partial charge on any atom is -0.490 e. The summed E-state index contributed by atoms with van der Waals surface area (Å²) in [6.07, 6.45) is 3.22. The van der Waals surface area contributed by atoms with Gasteiger partial charge in [-0.2, -0.15) is 0 Å². The molecule has 1 fully saturated rings. The Morgan fingerprint density at radius 3 is 3.11 bits per heavy atom. The van der Waals surface area contributed by atoms with Gasteiger partial charge in [-0.3, -0.25) is 0 Å². The maximum absolute atomic E-state index is 9.64. The SMILES string of the molecule is Cc1ccc2c(c1)CC(CC1(CO)CCNC1)O2. The van der Waals surface area contributed by atoms with Crippen LogP contribution in [0.2, 0.25) is 0 Å². The Labute approximate surface area is 108 Å². The van der Waals surface area contributed by atoms with E-state index in [-0.39, 0.29) is 18.1 Å². The van der Waals surface area contributed by atoms with Crippen molar-refractivity contribution >= 4 is 0 Å². The molecular formula is C15H21NO2. The number of fused-ring (bicyclic) bond motifs is 1. The summed E-state index contributed by atoms with van der Waals surface area (Å²) in [7, 11) is 0. The molecule has 98 valence electrons. The van der Waals surface area contributed by atoms with Crippen LogP contribution in [0.4, 0.5) is 0 Å². The average Bonchev–Trinajstić information content (AvgIpc) is 2.96. The summed E-state index contributed by atoms with van der Waals surface area (Å²) in [5, 5.41) is 13.0. The molecule has 0 radical (unpaired) electrons. The Balaban J connectivity index is 1.70. The van der Waals surface area contributed by atoms with Crippen LogP contribution in [0.1, 0.15) is 24.0 Å². The van der Waals surface area contributed by atoms with Crippen molar-refractivity contribution in [1.82, 2.24) is 5.32 Å². The minimum atomic E-state index is 0.0295. The van der Waals surface area contributed by atoms with E-state index < -0.39 is 0 Å². The van der Waals surface area contributed by atoms with E-state index in [1.54, 1.807) is 0 Å². The highest BCUT2D eigenvalue weighted by molar-refractivity contribution is 5.40. The first kappa shape index (κ1) is 12.0. The highest BCUT2D eigenvalue weighted by Crippen LogP contribution is 2.37. The molecule has 1 aromatic carbocycles. The van der Waals surface area contributed by atoms with Crippen molar-refractivity contribution in [3.8, 4) is 5.75 Å². The van der Waals surface area contributed by atoms with E-state index in [0.29, 0.717) is 0 Å². The first-order chi connectivity index (χ1) is 8.71. The molecule has 2 N–H and O–H groups in total. The summed E-state index contributed by atoms with van der Waals surface area (Å²) < 4.78 is 6.01. The van der Waals surface area contributed by atoms with Gasteiger partial charge in [0.2, 0.25) is 0 Å². The predicted octanol–water partition coefficient (Wildman–Crippen LogP) is 1.66. The van der Waals surface area contributed by atoms with Crippen LogP contribution >= 0.6 is 0 Å². The van der Waals surface area contributed by atoms with Crippen molar-refractivity contribution < 1.29 is 9.84 Å². The Bertz CT molecular complexity index is 438. The summed E-state index contributed by atoms with van der Waals surface area (Å²) in [4.78, 5) is 0. The standard InChI is InChI=1S/C15H21NO2/c1-11-2-3-14-12(6-11)7-13(18-14)8-15(10-17)4-5-16-9-15/h2-3,6,13,16-17H,4-5,7-10H2,1H3. The fourth-order valence-corrected chi connectivity index (χ4v) is 3.22. The topological polar surface area (TPSA) is 41.5 Å². The zero-order chi connectivity index (χ0) is 12.6. The molecule has 0 amide bonds. The van der Waals surface area contributed by atoms with Gasteiger partial charge in [0.25, 0.3) is 0 Å². The van der Waals surface area contributed by atoms with Gasteiger partial charge < -0.3 is 15.2 Å². The molecule has 2 heterocycles. The second-order valence-corrected chi connectivity index (χ2v) is 5.84. The molecule has 3 nitrogen and oxygen atoms in total. The Hall–Kier alpha value is -1.06. The third-order valence-electron chi connectivity index (χ3n) is 4.29. The average molecular weight is 247 g/mol. The normalized spacial score (nSPS) is 30.2. The van der Waals surface area contributed by atoms with Crippen LogP contribution in [0.3, 0.4) is 0 Å². The Kier molecular flexibility index (Phi) is 3.04. The molecule has 3 rings (SSSR count). The number of aliphatic hydroxyl groups is 1. The van der Waals surface area contributed by atoms with Crippen LogP contribution in [0.15, 0.2) is 18.2 Å². The first-order valence-corrected chi connectivity index (χ1v) is 6.79. The van der Waals surface area contributed by atoms with Crippen LogP contribution in [0, 0.1) is 12.3 Å². The number of aliphatic hydroxyl groups excluding tert-OH is 1. The molecule has 2 atom stereocenters. The maximum atomic E-state index is 9.64. The number of rotatable bonds is 3. The molecular weight excluding hydrogens is 226 g/mol. The summed E-state index contributed by atoms with van der Waals surface area (Å²) in [5.41, 5.74) is 2.64. The minimum absolute atomic E-state index is 0.0295. The van der Waals surface area contributed by atoms with Crippen molar-refractivity contribution in [3.63, 3.8) is 0 Å². The van der Waals surface area contributed by atoms with Crippen LogP contribution < -0.4 is 10.1 Å².